The van der Waals surface area contributed by atoms with E-state index in [0.29, 0.717) is 23.8 Å². The van der Waals surface area contributed by atoms with Crippen LogP contribution in [-0.2, 0) is 4.79 Å². The number of amides is 1. The second-order valence-corrected chi connectivity index (χ2v) is 5.29. The van der Waals surface area contributed by atoms with Crippen molar-refractivity contribution in [3.8, 4) is 5.75 Å². The number of rotatable bonds is 5. The average molecular weight is 294 g/mol. The molecule has 0 radical (unpaired) electrons. The van der Waals surface area contributed by atoms with Gasteiger partial charge in [0.05, 0.1) is 0 Å². The van der Waals surface area contributed by atoms with Gasteiger partial charge in [-0.05, 0) is 30.7 Å². The highest BCUT2D eigenvalue weighted by atomic mass is 32.1. The van der Waals surface area contributed by atoms with E-state index in [1.807, 2.05) is 0 Å². The average Bonchev–Trinajstić information content (AvgIpc) is 2.94. The quantitative estimate of drug-likeness (QED) is 0.775. The van der Waals surface area contributed by atoms with Gasteiger partial charge in [-0.25, -0.2) is 0 Å². The van der Waals surface area contributed by atoms with Crippen molar-refractivity contribution in [2.45, 2.75) is 6.42 Å². The molecule has 1 aliphatic heterocycles. The molecule has 1 unspecified atom stereocenters. The molecule has 108 valence electrons. The molecule has 1 saturated heterocycles. The molecule has 6 heteroatoms. The Morgan fingerprint density at radius 2 is 2.15 bits per heavy atom. The van der Waals surface area contributed by atoms with E-state index < -0.39 is 0 Å². The van der Waals surface area contributed by atoms with E-state index in [1.54, 1.807) is 29.2 Å². The lowest BCUT2D eigenvalue weighted by molar-refractivity contribution is -0.132. The number of nitrogens with zero attached hydrogens (tertiary/aromatic N) is 1. The van der Waals surface area contributed by atoms with Gasteiger partial charge in [-0.1, -0.05) is 12.2 Å². The predicted molar refractivity (Wildman–Crippen MR) is 79.6 cm³/mol. The number of carbonyl (C=O) groups is 1. The molecule has 0 saturated carbocycles. The summed E-state index contributed by atoms with van der Waals surface area (Å²) >= 11 is 4.86. The van der Waals surface area contributed by atoms with Crippen LogP contribution in [-0.4, -0.2) is 47.2 Å². The van der Waals surface area contributed by atoms with Crippen molar-refractivity contribution in [2.75, 3.05) is 26.3 Å². The van der Waals surface area contributed by atoms with Crippen LogP contribution in [0.3, 0.4) is 0 Å². The van der Waals surface area contributed by atoms with Crippen molar-refractivity contribution < 1.29 is 14.6 Å². The van der Waals surface area contributed by atoms with Gasteiger partial charge in [0.25, 0.3) is 5.91 Å². The normalized spacial score (nSPS) is 18.1. The van der Waals surface area contributed by atoms with Crippen LogP contribution in [0.15, 0.2) is 24.3 Å². The fourth-order valence-electron chi connectivity index (χ4n) is 2.16. The van der Waals surface area contributed by atoms with E-state index in [4.69, 9.17) is 27.8 Å². The molecule has 1 amide bonds. The number of nitrogens with two attached hydrogens (primary N) is 1. The summed E-state index contributed by atoms with van der Waals surface area (Å²) in [7, 11) is 0. The van der Waals surface area contributed by atoms with Gasteiger partial charge in [0.2, 0.25) is 0 Å². The van der Waals surface area contributed by atoms with Crippen molar-refractivity contribution in [1.29, 1.82) is 0 Å². The summed E-state index contributed by atoms with van der Waals surface area (Å²) < 4.78 is 5.45. The van der Waals surface area contributed by atoms with Gasteiger partial charge in [0.1, 0.15) is 10.7 Å². The Balaban J connectivity index is 1.83. The highest BCUT2D eigenvalue weighted by Crippen LogP contribution is 2.16. The van der Waals surface area contributed by atoms with Crippen LogP contribution in [0.4, 0.5) is 0 Å². The lowest BCUT2D eigenvalue weighted by Gasteiger charge is -2.16. The molecule has 5 nitrogen and oxygen atoms in total. The highest BCUT2D eigenvalue weighted by molar-refractivity contribution is 7.80. The van der Waals surface area contributed by atoms with Crippen molar-refractivity contribution in [1.82, 2.24) is 4.90 Å². The van der Waals surface area contributed by atoms with E-state index in [0.717, 1.165) is 12.0 Å². The summed E-state index contributed by atoms with van der Waals surface area (Å²) in [5, 5.41) is 9.05. The first kappa shape index (κ1) is 14.7. The molecule has 3 N–H and O–H groups in total. The SMILES string of the molecule is NC(=S)c1ccc(OCC(=O)N2CCC(CO)C2)cc1. The number of likely N-dealkylation sites (tertiary alicyclic amines) is 1. The maximum atomic E-state index is 11.9. The molecule has 1 heterocycles. The second kappa shape index (κ2) is 6.67. The van der Waals surface area contributed by atoms with Gasteiger partial charge in [0, 0.05) is 31.2 Å². The third-order valence-corrected chi connectivity index (χ3v) is 3.63. The third-order valence-electron chi connectivity index (χ3n) is 3.40. The van der Waals surface area contributed by atoms with Gasteiger partial charge < -0.3 is 20.5 Å². The van der Waals surface area contributed by atoms with Gasteiger partial charge in [0.15, 0.2) is 6.61 Å². The number of benzene rings is 1. The van der Waals surface area contributed by atoms with Crippen LogP contribution in [0.1, 0.15) is 12.0 Å². The van der Waals surface area contributed by atoms with E-state index >= 15 is 0 Å². The van der Waals surface area contributed by atoms with Crippen LogP contribution >= 0.6 is 12.2 Å². The van der Waals surface area contributed by atoms with Crippen molar-refractivity contribution in [3.63, 3.8) is 0 Å². The van der Waals surface area contributed by atoms with Gasteiger partial charge in [-0.15, -0.1) is 0 Å². The first-order valence-corrected chi connectivity index (χ1v) is 6.92. The summed E-state index contributed by atoms with van der Waals surface area (Å²) in [6.45, 7) is 1.43. The summed E-state index contributed by atoms with van der Waals surface area (Å²) in [5.41, 5.74) is 6.27. The largest absolute Gasteiger partial charge is 0.484 e. The summed E-state index contributed by atoms with van der Waals surface area (Å²) in [5.74, 6) is 0.749. The molecular formula is C14H18N2O3S. The topological polar surface area (TPSA) is 75.8 Å². The van der Waals surface area contributed by atoms with Gasteiger partial charge >= 0.3 is 0 Å². The molecule has 1 atom stereocenters. The smallest absolute Gasteiger partial charge is 0.260 e. The third kappa shape index (κ3) is 3.68. The van der Waals surface area contributed by atoms with E-state index in [9.17, 15) is 4.79 Å². The number of aliphatic hydroxyl groups is 1. The van der Waals surface area contributed by atoms with Crippen LogP contribution in [0, 0.1) is 5.92 Å². The van der Waals surface area contributed by atoms with Crippen LogP contribution < -0.4 is 10.5 Å². The Labute approximate surface area is 123 Å². The minimum absolute atomic E-state index is 0.00453. The molecule has 1 aliphatic rings. The maximum absolute atomic E-state index is 11.9. The minimum atomic E-state index is -0.0561. The zero-order valence-corrected chi connectivity index (χ0v) is 11.9. The van der Waals surface area contributed by atoms with Crippen molar-refractivity contribution in [3.05, 3.63) is 29.8 Å². The van der Waals surface area contributed by atoms with E-state index in [2.05, 4.69) is 0 Å². The number of carbonyl (C=O) groups excluding carboxylic acids is 1. The number of hydrogen-bond acceptors (Lipinski definition) is 4. The lowest BCUT2D eigenvalue weighted by atomic mass is 10.1. The lowest BCUT2D eigenvalue weighted by Crippen LogP contribution is -2.33. The van der Waals surface area contributed by atoms with Gasteiger partial charge in [-0.3, -0.25) is 4.79 Å². The number of thiocarbonyl (C=S) groups is 1. The first-order chi connectivity index (χ1) is 9.60. The predicted octanol–water partition coefficient (Wildman–Crippen LogP) is 0.540. The van der Waals surface area contributed by atoms with E-state index in [-0.39, 0.29) is 25.0 Å². The maximum Gasteiger partial charge on any atom is 0.260 e. The molecule has 0 aromatic heterocycles. The van der Waals surface area contributed by atoms with Crippen LogP contribution in [0.2, 0.25) is 0 Å². The van der Waals surface area contributed by atoms with Gasteiger partial charge in [-0.2, -0.15) is 0 Å². The van der Waals surface area contributed by atoms with Crippen LogP contribution in [0.25, 0.3) is 0 Å². The molecule has 0 aliphatic carbocycles. The second-order valence-electron chi connectivity index (χ2n) is 4.85. The number of hydrogen-bond donors (Lipinski definition) is 2. The van der Waals surface area contributed by atoms with Crippen LogP contribution in [0.5, 0.6) is 5.75 Å². The fraction of sp³-hybridized carbons (Fsp3) is 0.429. The first-order valence-electron chi connectivity index (χ1n) is 6.51. The Bertz CT molecular complexity index is 490. The minimum Gasteiger partial charge on any atom is -0.484 e. The standard InChI is InChI=1S/C14H18N2O3S/c15-14(20)11-1-3-12(4-2-11)19-9-13(18)16-6-5-10(7-16)8-17/h1-4,10,17H,5-9H2,(H2,15,20). The summed E-state index contributed by atoms with van der Waals surface area (Å²) in [6, 6.07) is 7.00. The zero-order chi connectivity index (χ0) is 14.5. The Hall–Kier alpha value is -1.66. The Morgan fingerprint density at radius 1 is 1.45 bits per heavy atom. The van der Waals surface area contributed by atoms with E-state index in [1.165, 1.54) is 0 Å². The number of aliphatic hydroxyl groups excluding tert-OH is 1. The summed E-state index contributed by atoms with van der Waals surface area (Å²) in [6.07, 6.45) is 0.852. The van der Waals surface area contributed by atoms with Crippen molar-refractivity contribution in [2.24, 2.45) is 11.7 Å². The molecule has 1 fully saturated rings. The molecule has 0 bridgehead atoms. The monoisotopic (exact) mass is 294 g/mol. The molecule has 2 rings (SSSR count). The molecule has 20 heavy (non-hydrogen) atoms. The Kier molecular flexibility index (Phi) is 4.92. The fourth-order valence-corrected chi connectivity index (χ4v) is 2.30. The van der Waals surface area contributed by atoms with Crippen molar-refractivity contribution >= 4 is 23.1 Å². The Morgan fingerprint density at radius 3 is 2.70 bits per heavy atom. The molecule has 1 aromatic carbocycles. The summed E-state index contributed by atoms with van der Waals surface area (Å²) in [4.78, 5) is 14.0. The molecular weight excluding hydrogens is 276 g/mol. The molecule has 0 spiro atoms. The zero-order valence-electron chi connectivity index (χ0n) is 11.1. The molecule has 1 aromatic rings. The number of ether oxygens (including phenoxy) is 1. The highest BCUT2D eigenvalue weighted by Gasteiger charge is 2.25.